The lowest BCUT2D eigenvalue weighted by molar-refractivity contribution is -0.383. The Kier molecular flexibility index (Phi) is 4.53. The third-order valence-corrected chi connectivity index (χ3v) is 4.24. The van der Waals surface area contributed by atoms with E-state index in [4.69, 9.17) is 0 Å². The van der Waals surface area contributed by atoms with Crippen LogP contribution in [-0.2, 0) is 11.3 Å². The van der Waals surface area contributed by atoms with Crippen LogP contribution in [0.3, 0.4) is 0 Å². The van der Waals surface area contributed by atoms with Crippen LogP contribution < -0.4 is 5.43 Å². The van der Waals surface area contributed by atoms with Gasteiger partial charge in [-0.05, 0) is 30.7 Å². The molecule has 7 nitrogen and oxygen atoms in total. The minimum absolute atomic E-state index is 0.0919. The summed E-state index contributed by atoms with van der Waals surface area (Å²) in [4.78, 5) is 34.6. The molecular weight excluding hydrogens is 336 g/mol. The summed E-state index contributed by atoms with van der Waals surface area (Å²) in [5, 5.41) is 11.4. The summed E-state index contributed by atoms with van der Waals surface area (Å²) in [6.07, 6.45) is 0. The van der Waals surface area contributed by atoms with Gasteiger partial charge >= 0.3 is 5.97 Å². The van der Waals surface area contributed by atoms with Crippen LogP contribution in [0.25, 0.3) is 10.9 Å². The van der Waals surface area contributed by atoms with Gasteiger partial charge in [0.25, 0.3) is 5.69 Å². The fraction of sp³-hybridized carbons (Fsp3) is 0.158. The van der Waals surface area contributed by atoms with Crippen molar-refractivity contribution >= 4 is 22.6 Å². The van der Waals surface area contributed by atoms with E-state index in [9.17, 15) is 19.7 Å². The van der Waals surface area contributed by atoms with Crippen LogP contribution in [0, 0.1) is 17.0 Å². The summed E-state index contributed by atoms with van der Waals surface area (Å²) >= 11 is 0. The standard InChI is InChI=1S/C19H16N2O5/c1-12-10-17(22)18-15(4-3-5-16(18)21(24)25)20(12)11-13-6-8-14(9-7-13)19(23)26-2/h3-10H,11H2,1-2H3. The van der Waals surface area contributed by atoms with Crippen molar-refractivity contribution in [1.82, 2.24) is 4.57 Å². The van der Waals surface area contributed by atoms with Crippen molar-refractivity contribution in [3.05, 3.63) is 85.7 Å². The molecule has 0 radical (unpaired) electrons. The molecule has 0 amide bonds. The second-order valence-electron chi connectivity index (χ2n) is 5.85. The highest BCUT2D eigenvalue weighted by atomic mass is 16.6. The third-order valence-electron chi connectivity index (χ3n) is 4.24. The third kappa shape index (κ3) is 3.06. The molecular formula is C19H16N2O5. The van der Waals surface area contributed by atoms with Crippen molar-refractivity contribution in [2.45, 2.75) is 13.5 Å². The summed E-state index contributed by atoms with van der Waals surface area (Å²) in [5.41, 5.74) is 1.94. The Balaban J connectivity index is 2.11. The number of rotatable bonds is 4. The maximum absolute atomic E-state index is 12.3. The zero-order valence-corrected chi connectivity index (χ0v) is 14.3. The first-order valence-corrected chi connectivity index (χ1v) is 7.87. The molecule has 3 rings (SSSR count). The van der Waals surface area contributed by atoms with Gasteiger partial charge in [0.2, 0.25) is 0 Å². The Bertz CT molecular complexity index is 1070. The maximum Gasteiger partial charge on any atom is 0.337 e. The van der Waals surface area contributed by atoms with Crippen molar-refractivity contribution in [3.63, 3.8) is 0 Å². The van der Waals surface area contributed by atoms with Gasteiger partial charge in [-0.3, -0.25) is 14.9 Å². The number of non-ortho nitro benzene ring substituents is 1. The smallest absolute Gasteiger partial charge is 0.337 e. The first kappa shape index (κ1) is 17.3. The quantitative estimate of drug-likeness (QED) is 0.409. The van der Waals surface area contributed by atoms with Crippen LogP contribution in [0.2, 0.25) is 0 Å². The molecule has 3 aromatic rings. The van der Waals surface area contributed by atoms with E-state index in [1.54, 1.807) is 43.3 Å². The van der Waals surface area contributed by atoms with E-state index >= 15 is 0 Å². The van der Waals surface area contributed by atoms with Crippen molar-refractivity contribution in [3.8, 4) is 0 Å². The van der Waals surface area contributed by atoms with Crippen molar-refractivity contribution < 1.29 is 14.5 Å². The molecule has 1 heterocycles. The first-order valence-electron chi connectivity index (χ1n) is 7.87. The van der Waals surface area contributed by atoms with Gasteiger partial charge in [-0.15, -0.1) is 0 Å². The second-order valence-corrected chi connectivity index (χ2v) is 5.85. The van der Waals surface area contributed by atoms with Crippen LogP contribution in [0.4, 0.5) is 5.69 Å². The number of carbonyl (C=O) groups is 1. The van der Waals surface area contributed by atoms with E-state index in [2.05, 4.69) is 4.74 Å². The molecule has 0 bridgehead atoms. The fourth-order valence-corrected chi connectivity index (χ4v) is 2.94. The summed E-state index contributed by atoms with van der Waals surface area (Å²) < 4.78 is 6.52. The normalized spacial score (nSPS) is 10.7. The highest BCUT2D eigenvalue weighted by molar-refractivity contribution is 5.89. The van der Waals surface area contributed by atoms with E-state index in [1.807, 2.05) is 4.57 Å². The molecule has 26 heavy (non-hydrogen) atoms. The van der Waals surface area contributed by atoms with Gasteiger partial charge in [-0.25, -0.2) is 4.79 Å². The lowest BCUT2D eigenvalue weighted by atomic mass is 10.1. The Hall–Kier alpha value is -3.48. The summed E-state index contributed by atoms with van der Waals surface area (Å²) in [5.74, 6) is -0.419. The van der Waals surface area contributed by atoms with Gasteiger partial charge in [-0.1, -0.05) is 18.2 Å². The average Bonchev–Trinajstić information content (AvgIpc) is 2.64. The molecule has 0 saturated heterocycles. The number of pyridine rings is 1. The van der Waals surface area contributed by atoms with Crippen molar-refractivity contribution in [1.29, 1.82) is 0 Å². The first-order chi connectivity index (χ1) is 12.4. The number of hydrogen-bond donors (Lipinski definition) is 0. The predicted molar refractivity (Wildman–Crippen MR) is 96.5 cm³/mol. The molecule has 0 atom stereocenters. The van der Waals surface area contributed by atoms with E-state index in [0.717, 1.165) is 5.56 Å². The molecule has 1 aromatic heterocycles. The Morgan fingerprint density at radius 3 is 2.50 bits per heavy atom. The van der Waals surface area contributed by atoms with Gasteiger partial charge < -0.3 is 9.30 Å². The number of nitro groups is 1. The van der Waals surface area contributed by atoms with E-state index in [1.165, 1.54) is 19.2 Å². The van der Waals surface area contributed by atoms with Gasteiger partial charge in [0.1, 0.15) is 5.39 Å². The Morgan fingerprint density at radius 2 is 1.88 bits per heavy atom. The molecule has 0 fully saturated rings. The minimum Gasteiger partial charge on any atom is -0.465 e. The van der Waals surface area contributed by atoms with E-state index in [0.29, 0.717) is 23.3 Å². The zero-order valence-electron chi connectivity index (χ0n) is 14.3. The van der Waals surface area contributed by atoms with Crippen LogP contribution in [0.15, 0.2) is 53.3 Å². The van der Waals surface area contributed by atoms with Gasteiger partial charge in [-0.2, -0.15) is 0 Å². The number of carbonyl (C=O) groups excluding carboxylic acids is 1. The summed E-state index contributed by atoms with van der Waals surface area (Å²) in [7, 11) is 1.32. The van der Waals surface area contributed by atoms with Gasteiger partial charge in [0.05, 0.1) is 23.1 Å². The summed E-state index contributed by atoms with van der Waals surface area (Å²) in [6, 6.07) is 12.9. The zero-order chi connectivity index (χ0) is 18.8. The SMILES string of the molecule is COC(=O)c1ccc(Cn2c(C)cc(=O)c3c([N+](=O)[O-])cccc32)cc1. The number of benzene rings is 2. The molecule has 0 aliphatic carbocycles. The lowest BCUT2D eigenvalue weighted by Crippen LogP contribution is -2.14. The van der Waals surface area contributed by atoms with Gasteiger partial charge in [0.15, 0.2) is 5.43 Å². The van der Waals surface area contributed by atoms with Crippen molar-refractivity contribution in [2.75, 3.05) is 7.11 Å². The molecule has 0 spiro atoms. The number of nitrogens with zero attached hydrogens (tertiary/aromatic N) is 2. The number of nitro benzene ring substituents is 1. The molecule has 7 heteroatoms. The number of hydrogen-bond acceptors (Lipinski definition) is 5. The molecule has 0 aliphatic heterocycles. The molecule has 0 aliphatic rings. The van der Waals surface area contributed by atoms with Gasteiger partial charge in [0, 0.05) is 24.4 Å². The topological polar surface area (TPSA) is 91.4 Å². The summed E-state index contributed by atoms with van der Waals surface area (Å²) in [6.45, 7) is 2.19. The monoisotopic (exact) mass is 352 g/mol. The molecule has 2 aromatic carbocycles. The van der Waals surface area contributed by atoms with Crippen LogP contribution >= 0.6 is 0 Å². The number of aromatic nitrogens is 1. The average molecular weight is 352 g/mol. The second kappa shape index (κ2) is 6.79. The number of aryl methyl sites for hydroxylation is 1. The highest BCUT2D eigenvalue weighted by Gasteiger charge is 2.17. The van der Waals surface area contributed by atoms with E-state index in [-0.39, 0.29) is 16.5 Å². The largest absolute Gasteiger partial charge is 0.465 e. The number of fused-ring (bicyclic) bond motifs is 1. The number of methoxy groups -OCH3 is 1. The van der Waals surface area contributed by atoms with Crippen LogP contribution in [-0.4, -0.2) is 22.6 Å². The lowest BCUT2D eigenvalue weighted by Gasteiger charge is -2.15. The van der Waals surface area contributed by atoms with Crippen molar-refractivity contribution in [2.24, 2.45) is 0 Å². The molecule has 0 unspecified atom stereocenters. The van der Waals surface area contributed by atoms with Crippen LogP contribution in [0.1, 0.15) is 21.6 Å². The highest BCUT2D eigenvalue weighted by Crippen LogP contribution is 2.24. The molecule has 0 N–H and O–H groups in total. The Morgan fingerprint density at radius 1 is 1.19 bits per heavy atom. The maximum atomic E-state index is 12.3. The molecule has 0 saturated carbocycles. The minimum atomic E-state index is -0.547. The predicted octanol–water partition coefficient (Wildman–Crippen LogP) is 3.05. The van der Waals surface area contributed by atoms with Crippen LogP contribution in [0.5, 0.6) is 0 Å². The van der Waals surface area contributed by atoms with E-state index < -0.39 is 10.9 Å². The fourth-order valence-electron chi connectivity index (χ4n) is 2.94. The Labute approximate surface area is 148 Å². The number of esters is 1. The molecule has 132 valence electrons. The number of ether oxygens (including phenoxy) is 1.